The summed E-state index contributed by atoms with van der Waals surface area (Å²) in [4.78, 5) is 37.5. The van der Waals surface area contributed by atoms with Crippen molar-refractivity contribution in [1.29, 1.82) is 0 Å². The van der Waals surface area contributed by atoms with Gasteiger partial charge in [0.1, 0.15) is 5.02 Å². The highest BCUT2D eigenvalue weighted by Gasteiger charge is 2.67. The van der Waals surface area contributed by atoms with Crippen molar-refractivity contribution in [3.05, 3.63) is 45.5 Å². The van der Waals surface area contributed by atoms with Crippen molar-refractivity contribution >= 4 is 34.8 Å². The Morgan fingerprint density at radius 1 is 1.08 bits per heavy atom. The maximum Gasteiger partial charge on any atom is 0.289 e. The van der Waals surface area contributed by atoms with Gasteiger partial charge in [0.2, 0.25) is 11.8 Å². The molecule has 6 nitrogen and oxygen atoms in total. The van der Waals surface area contributed by atoms with Gasteiger partial charge in [0.15, 0.2) is 0 Å². The van der Waals surface area contributed by atoms with Crippen LogP contribution in [-0.2, 0) is 9.59 Å². The summed E-state index contributed by atoms with van der Waals surface area (Å²) < 4.78 is 0. The summed E-state index contributed by atoms with van der Waals surface area (Å²) in [5, 5.41) is 11.1. The number of benzene rings is 1. The quantitative estimate of drug-likeness (QED) is 0.357. The third-order valence-corrected chi connectivity index (χ3v) is 6.37. The Hall–Kier alpha value is -2.21. The molecular weight excluding hydrogens is 332 g/mol. The van der Waals surface area contributed by atoms with E-state index in [0.29, 0.717) is 11.8 Å². The summed E-state index contributed by atoms with van der Waals surface area (Å²) in [6.45, 7) is 0. The fourth-order valence-corrected chi connectivity index (χ4v) is 5.18. The smallest absolute Gasteiger partial charge is 0.274 e. The number of rotatable bonds is 2. The number of imide groups is 1. The lowest BCUT2D eigenvalue weighted by molar-refractivity contribution is -0.384. The minimum atomic E-state index is -0.607. The van der Waals surface area contributed by atoms with Gasteiger partial charge in [0, 0.05) is 6.07 Å². The lowest BCUT2D eigenvalue weighted by Gasteiger charge is -2.37. The SMILES string of the molecule is O=C1[C@@H]2[C@H]3C=C[C@@H]([C@@H]4C[C@H]34)[C@H]2C(=O)N1c1ccc(Cl)c([N+](=O)[O-])c1. The van der Waals surface area contributed by atoms with Crippen LogP contribution in [0.5, 0.6) is 0 Å². The molecule has 0 aromatic heterocycles. The third-order valence-electron chi connectivity index (χ3n) is 6.05. The molecule has 6 atom stereocenters. The molecule has 1 saturated heterocycles. The first-order valence-corrected chi connectivity index (χ1v) is 8.37. The number of hydrogen-bond acceptors (Lipinski definition) is 4. The summed E-state index contributed by atoms with van der Waals surface area (Å²) in [6.07, 6.45) is 5.29. The molecule has 1 aliphatic heterocycles. The molecule has 0 N–H and O–H groups in total. The number of halogens is 1. The van der Waals surface area contributed by atoms with E-state index in [9.17, 15) is 19.7 Å². The molecule has 2 saturated carbocycles. The number of nitro groups is 1. The highest BCUT2D eigenvalue weighted by atomic mass is 35.5. The molecule has 0 radical (unpaired) electrons. The van der Waals surface area contributed by atoms with Crippen molar-refractivity contribution in [3.8, 4) is 0 Å². The zero-order valence-electron chi connectivity index (χ0n) is 12.5. The Morgan fingerprint density at radius 2 is 1.67 bits per heavy atom. The molecule has 2 bridgehead atoms. The predicted octanol–water partition coefficient (Wildman–Crippen LogP) is 2.81. The average Bonchev–Trinajstić information content (AvgIpc) is 3.33. The average molecular weight is 345 g/mol. The van der Waals surface area contributed by atoms with Crippen LogP contribution in [0.4, 0.5) is 11.4 Å². The van der Waals surface area contributed by atoms with Gasteiger partial charge in [0.05, 0.1) is 22.4 Å². The molecule has 122 valence electrons. The molecule has 24 heavy (non-hydrogen) atoms. The van der Waals surface area contributed by atoms with Crippen molar-refractivity contribution in [1.82, 2.24) is 0 Å². The van der Waals surface area contributed by atoms with Crippen LogP contribution in [0.3, 0.4) is 0 Å². The Morgan fingerprint density at radius 3 is 2.21 bits per heavy atom. The van der Waals surface area contributed by atoms with E-state index in [4.69, 9.17) is 11.6 Å². The number of carbonyl (C=O) groups excluding carboxylic acids is 2. The van der Waals surface area contributed by atoms with Gasteiger partial charge >= 0.3 is 0 Å². The van der Waals surface area contributed by atoms with Gasteiger partial charge in [-0.2, -0.15) is 0 Å². The fraction of sp³-hybridized carbons (Fsp3) is 0.412. The van der Waals surface area contributed by atoms with Crippen molar-refractivity contribution in [3.63, 3.8) is 0 Å². The molecule has 1 heterocycles. The highest BCUT2D eigenvalue weighted by molar-refractivity contribution is 6.33. The third kappa shape index (κ3) is 1.61. The first-order chi connectivity index (χ1) is 11.5. The van der Waals surface area contributed by atoms with Gasteiger partial charge in [-0.25, -0.2) is 4.90 Å². The molecule has 0 unspecified atom stereocenters. The maximum atomic E-state index is 12.9. The molecule has 2 amide bonds. The Balaban J connectivity index is 1.57. The molecule has 6 rings (SSSR count). The first kappa shape index (κ1) is 14.2. The van der Waals surface area contributed by atoms with E-state index >= 15 is 0 Å². The number of allylic oxidation sites excluding steroid dienone is 2. The van der Waals surface area contributed by atoms with Crippen LogP contribution in [0, 0.1) is 45.6 Å². The van der Waals surface area contributed by atoms with E-state index in [0.717, 1.165) is 11.3 Å². The van der Waals surface area contributed by atoms with Crippen LogP contribution in [0.15, 0.2) is 30.4 Å². The standard InChI is InChI=1S/C17H13ClN2O4/c18-12-4-1-7(5-13(12)20(23)24)19-16(21)14-8-2-3-9(11-6-10(8)11)15(14)17(19)22/h1-5,8-11,14-15H,6H2/t8-,9-,10-,11+,14+,15+/m0/s1. The summed E-state index contributed by atoms with van der Waals surface area (Å²) in [7, 11) is 0. The molecule has 1 aromatic carbocycles. The summed E-state index contributed by atoms with van der Waals surface area (Å²) in [5.41, 5.74) is -0.0582. The number of anilines is 1. The minimum Gasteiger partial charge on any atom is -0.274 e. The molecular formula is C17H13ClN2O4. The van der Waals surface area contributed by atoms with Gasteiger partial charge in [-0.15, -0.1) is 0 Å². The van der Waals surface area contributed by atoms with Gasteiger partial charge < -0.3 is 0 Å². The van der Waals surface area contributed by atoms with E-state index in [1.54, 1.807) is 0 Å². The lowest BCUT2D eigenvalue weighted by Crippen LogP contribution is -2.40. The van der Waals surface area contributed by atoms with Crippen LogP contribution in [-0.4, -0.2) is 16.7 Å². The van der Waals surface area contributed by atoms with E-state index < -0.39 is 4.92 Å². The Labute approximate surface area is 142 Å². The number of nitrogens with zero attached hydrogens (tertiary/aromatic N) is 2. The van der Waals surface area contributed by atoms with E-state index in [1.807, 2.05) is 0 Å². The molecule has 5 aliphatic rings. The van der Waals surface area contributed by atoms with Gasteiger partial charge in [-0.1, -0.05) is 23.8 Å². The normalized spacial score (nSPS) is 38.3. The van der Waals surface area contributed by atoms with Crippen LogP contribution in [0.2, 0.25) is 5.02 Å². The van der Waals surface area contributed by atoms with Gasteiger partial charge in [0.25, 0.3) is 5.69 Å². The predicted molar refractivity (Wildman–Crippen MR) is 85.3 cm³/mol. The topological polar surface area (TPSA) is 80.5 Å². The molecule has 4 aliphatic carbocycles. The molecule has 7 heteroatoms. The van der Waals surface area contributed by atoms with Crippen LogP contribution >= 0.6 is 11.6 Å². The van der Waals surface area contributed by atoms with Gasteiger partial charge in [-0.05, 0) is 42.2 Å². The fourth-order valence-electron chi connectivity index (χ4n) is 4.99. The van der Waals surface area contributed by atoms with E-state index in [1.165, 1.54) is 18.2 Å². The summed E-state index contributed by atoms with van der Waals surface area (Å²) in [6, 6.07) is 4.08. The second-order valence-corrected chi connectivity index (χ2v) is 7.47. The summed E-state index contributed by atoms with van der Waals surface area (Å²) in [5.74, 6) is 0.229. The minimum absolute atomic E-state index is 0.0109. The lowest BCUT2D eigenvalue weighted by atomic mass is 9.63. The second kappa shape index (κ2) is 4.45. The van der Waals surface area contributed by atoms with E-state index in [-0.39, 0.29) is 51.9 Å². The number of carbonyl (C=O) groups is 2. The molecule has 1 aromatic rings. The zero-order chi connectivity index (χ0) is 16.7. The number of hydrogen-bond donors (Lipinski definition) is 0. The largest absolute Gasteiger partial charge is 0.289 e. The van der Waals surface area contributed by atoms with Crippen molar-refractivity contribution < 1.29 is 14.5 Å². The van der Waals surface area contributed by atoms with Crippen LogP contribution in [0.1, 0.15) is 6.42 Å². The van der Waals surface area contributed by atoms with Crippen LogP contribution in [0.25, 0.3) is 0 Å². The maximum absolute atomic E-state index is 12.9. The van der Waals surface area contributed by atoms with E-state index in [2.05, 4.69) is 12.2 Å². The summed E-state index contributed by atoms with van der Waals surface area (Å²) >= 11 is 5.83. The number of amides is 2. The van der Waals surface area contributed by atoms with Crippen molar-refractivity contribution in [2.75, 3.05) is 4.90 Å². The van der Waals surface area contributed by atoms with Crippen molar-refractivity contribution in [2.24, 2.45) is 35.5 Å². The van der Waals surface area contributed by atoms with Crippen LogP contribution < -0.4 is 4.90 Å². The van der Waals surface area contributed by atoms with Crippen molar-refractivity contribution in [2.45, 2.75) is 6.42 Å². The first-order valence-electron chi connectivity index (χ1n) is 7.99. The monoisotopic (exact) mass is 344 g/mol. The molecule has 0 spiro atoms. The second-order valence-electron chi connectivity index (χ2n) is 7.06. The Bertz CT molecular complexity index is 815. The van der Waals surface area contributed by atoms with Gasteiger partial charge in [-0.3, -0.25) is 19.7 Å². The Kier molecular flexibility index (Phi) is 2.62. The number of nitro benzene ring substituents is 1. The zero-order valence-corrected chi connectivity index (χ0v) is 13.2. The molecule has 3 fully saturated rings. The highest BCUT2D eigenvalue weighted by Crippen LogP contribution is 2.65.